The third kappa shape index (κ3) is 5.58. The molecule has 0 spiro atoms. The van der Waals surface area contributed by atoms with E-state index in [2.05, 4.69) is 10.0 Å². The minimum absolute atomic E-state index is 0.0808. The average molecular weight is 362 g/mol. The lowest BCUT2D eigenvalue weighted by molar-refractivity contribution is -0.122. The van der Waals surface area contributed by atoms with Crippen LogP contribution in [-0.4, -0.2) is 34.0 Å². The molecule has 2 rings (SSSR count). The zero-order valence-electron chi connectivity index (χ0n) is 14.2. The molecular formula is C18H22N2O4S. The van der Waals surface area contributed by atoms with E-state index in [1.807, 2.05) is 30.3 Å². The Morgan fingerprint density at radius 2 is 1.72 bits per heavy atom. The lowest BCUT2D eigenvalue weighted by atomic mass is 10.1. The Morgan fingerprint density at radius 1 is 1.08 bits per heavy atom. The molecule has 0 aliphatic heterocycles. The average Bonchev–Trinajstić information content (AvgIpc) is 2.62. The first kappa shape index (κ1) is 19.0. The molecule has 0 fully saturated rings. The molecule has 2 N–H and O–H groups in total. The third-order valence-electron chi connectivity index (χ3n) is 3.65. The van der Waals surface area contributed by atoms with Crippen molar-refractivity contribution >= 4 is 15.9 Å². The molecule has 7 heteroatoms. The van der Waals surface area contributed by atoms with Crippen LogP contribution in [0.2, 0.25) is 0 Å². The van der Waals surface area contributed by atoms with E-state index in [1.54, 1.807) is 12.1 Å². The molecule has 2 aromatic carbocycles. The lowest BCUT2D eigenvalue weighted by Crippen LogP contribution is -2.45. The highest BCUT2D eigenvalue weighted by molar-refractivity contribution is 7.89. The molecule has 1 atom stereocenters. The van der Waals surface area contributed by atoms with Crippen LogP contribution in [-0.2, 0) is 21.2 Å². The van der Waals surface area contributed by atoms with Crippen molar-refractivity contribution in [2.75, 3.05) is 13.7 Å². The number of amides is 1. The van der Waals surface area contributed by atoms with Crippen molar-refractivity contribution in [3.8, 4) is 5.75 Å². The van der Waals surface area contributed by atoms with Crippen LogP contribution < -0.4 is 14.8 Å². The molecule has 0 saturated heterocycles. The van der Waals surface area contributed by atoms with Crippen LogP contribution >= 0.6 is 0 Å². The second-order valence-corrected chi connectivity index (χ2v) is 7.26. The van der Waals surface area contributed by atoms with Gasteiger partial charge < -0.3 is 10.1 Å². The Bertz CT molecular complexity index is 790. The lowest BCUT2D eigenvalue weighted by Gasteiger charge is -2.14. The fourth-order valence-corrected chi connectivity index (χ4v) is 3.44. The number of hydrogen-bond acceptors (Lipinski definition) is 4. The number of sulfonamides is 1. The molecule has 0 heterocycles. The number of benzene rings is 2. The quantitative estimate of drug-likeness (QED) is 0.749. The topological polar surface area (TPSA) is 84.5 Å². The highest BCUT2D eigenvalue weighted by atomic mass is 32.2. The summed E-state index contributed by atoms with van der Waals surface area (Å²) >= 11 is 0. The maximum Gasteiger partial charge on any atom is 0.241 e. The van der Waals surface area contributed by atoms with Crippen molar-refractivity contribution in [3.63, 3.8) is 0 Å². The summed E-state index contributed by atoms with van der Waals surface area (Å²) < 4.78 is 32.0. The molecule has 6 nitrogen and oxygen atoms in total. The van der Waals surface area contributed by atoms with E-state index in [0.717, 1.165) is 5.56 Å². The van der Waals surface area contributed by atoms with E-state index in [1.165, 1.54) is 26.2 Å². The first-order valence-electron chi connectivity index (χ1n) is 7.90. The smallest absolute Gasteiger partial charge is 0.241 e. The number of ether oxygens (including phenoxy) is 1. The molecule has 2 aromatic rings. The molecule has 0 saturated carbocycles. The van der Waals surface area contributed by atoms with Crippen LogP contribution in [0.3, 0.4) is 0 Å². The maximum atomic E-state index is 12.3. The Morgan fingerprint density at radius 3 is 2.32 bits per heavy atom. The number of nitrogens with one attached hydrogen (secondary N) is 2. The summed E-state index contributed by atoms with van der Waals surface area (Å²) in [5, 5.41) is 2.74. The van der Waals surface area contributed by atoms with Crippen LogP contribution in [0.25, 0.3) is 0 Å². The summed E-state index contributed by atoms with van der Waals surface area (Å²) in [5.74, 6) is 0.193. The predicted molar refractivity (Wildman–Crippen MR) is 95.9 cm³/mol. The Labute approximate surface area is 148 Å². The van der Waals surface area contributed by atoms with Gasteiger partial charge in [0.2, 0.25) is 15.9 Å². The molecule has 0 aromatic heterocycles. The third-order valence-corrected chi connectivity index (χ3v) is 5.21. The van der Waals surface area contributed by atoms with Crippen LogP contribution in [0, 0.1) is 0 Å². The second kappa shape index (κ2) is 8.64. The number of carbonyl (C=O) groups is 1. The number of methoxy groups -OCH3 is 1. The van der Waals surface area contributed by atoms with Gasteiger partial charge in [0.15, 0.2) is 0 Å². The van der Waals surface area contributed by atoms with Gasteiger partial charge in [-0.05, 0) is 43.2 Å². The Hall–Kier alpha value is -2.38. The zero-order chi connectivity index (χ0) is 18.3. The minimum atomic E-state index is -3.77. The summed E-state index contributed by atoms with van der Waals surface area (Å²) in [5.41, 5.74) is 1.11. The summed E-state index contributed by atoms with van der Waals surface area (Å²) in [4.78, 5) is 12.2. The molecule has 0 aliphatic carbocycles. The van der Waals surface area contributed by atoms with Crippen molar-refractivity contribution in [1.29, 1.82) is 0 Å². The number of rotatable bonds is 8. The first-order valence-corrected chi connectivity index (χ1v) is 9.39. The number of carbonyl (C=O) groups excluding carboxylic acids is 1. The SMILES string of the molecule is COc1ccc(S(=O)(=O)NC(C)C(=O)NCCc2ccccc2)cc1. The molecule has 0 bridgehead atoms. The van der Waals surface area contributed by atoms with Gasteiger partial charge in [-0.2, -0.15) is 4.72 Å². The van der Waals surface area contributed by atoms with E-state index in [4.69, 9.17) is 4.74 Å². The van der Waals surface area contributed by atoms with E-state index in [0.29, 0.717) is 18.7 Å². The second-order valence-electron chi connectivity index (χ2n) is 5.55. The van der Waals surface area contributed by atoms with Crippen LogP contribution in [0.1, 0.15) is 12.5 Å². The van der Waals surface area contributed by atoms with Crippen LogP contribution in [0.5, 0.6) is 5.75 Å². The molecule has 0 aliphatic rings. The van der Waals surface area contributed by atoms with Gasteiger partial charge in [0.05, 0.1) is 18.0 Å². The molecule has 25 heavy (non-hydrogen) atoms. The summed E-state index contributed by atoms with van der Waals surface area (Å²) in [6.07, 6.45) is 0.685. The van der Waals surface area contributed by atoms with Crippen molar-refractivity contribution < 1.29 is 17.9 Å². The zero-order valence-corrected chi connectivity index (χ0v) is 15.0. The molecule has 1 amide bonds. The predicted octanol–water partition coefficient (Wildman–Crippen LogP) is 1.72. The molecule has 134 valence electrons. The standard InChI is InChI=1S/C18H22N2O4S/c1-14(18(21)19-13-12-15-6-4-3-5-7-15)20-25(22,23)17-10-8-16(24-2)9-11-17/h3-11,14,20H,12-13H2,1-2H3,(H,19,21). The highest BCUT2D eigenvalue weighted by Crippen LogP contribution is 2.15. The number of hydrogen-bond donors (Lipinski definition) is 2. The van der Waals surface area contributed by atoms with Crippen molar-refractivity contribution in [1.82, 2.24) is 10.0 Å². The summed E-state index contributed by atoms with van der Waals surface area (Å²) in [7, 11) is -2.27. The summed E-state index contributed by atoms with van der Waals surface area (Å²) in [6.45, 7) is 1.95. The fraction of sp³-hybridized carbons (Fsp3) is 0.278. The van der Waals surface area contributed by atoms with Crippen LogP contribution in [0.15, 0.2) is 59.5 Å². The van der Waals surface area contributed by atoms with Gasteiger partial charge in [0.25, 0.3) is 0 Å². The van der Waals surface area contributed by atoms with E-state index in [9.17, 15) is 13.2 Å². The first-order chi connectivity index (χ1) is 11.9. The summed E-state index contributed by atoms with van der Waals surface area (Å²) in [6, 6.07) is 14.8. The van der Waals surface area contributed by atoms with Crippen molar-refractivity contribution in [2.24, 2.45) is 0 Å². The highest BCUT2D eigenvalue weighted by Gasteiger charge is 2.21. The van der Waals surface area contributed by atoms with Gasteiger partial charge in [-0.1, -0.05) is 30.3 Å². The van der Waals surface area contributed by atoms with Gasteiger partial charge in [0.1, 0.15) is 5.75 Å². The van der Waals surface area contributed by atoms with Gasteiger partial charge in [-0.25, -0.2) is 8.42 Å². The Kier molecular flexibility index (Phi) is 6.55. The molecular weight excluding hydrogens is 340 g/mol. The fourth-order valence-electron chi connectivity index (χ4n) is 2.24. The minimum Gasteiger partial charge on any atom is -0.497 e. The van der Waals surface area contributed by atoms with Gasteiger partial charge in [-0.3, -0.25) is 4.79 Å². The van der Waals surface area contributed by atoms with Gasteiger partial charge in [-0.15, -0.1) is 0 Å². The normalized spacial score (nSPS) is 12.4. The van der Waals surface area contributed by atoms with Crippen LogP contribution in [0.4, 0.5) is 0 Å². The van der Waals surface area contributed by atoms with Gasteiger partial charge >= 0.3 is 0 Å². The van der Waals surface area contributed by atoms with Gasteiger partial charge in [0, 0.05) is 6.54 Å². The maximum absolute atomic E-state index is 12.3. The molecule has 1 unspecified atom stereocenters. The molecule has 0 radical (unpaired) electrons. The van der Waals surface area contributed by atoms with Crippen molar-refractivity contribution in [3.05, 3.63) is 60.2 Å². The van der Waals surface area contributed by atoms with E-state index < -0.39 is 16.1 Å². The van der Waals surface area contributed by atoms with E-state index >= 15 is 0 Å². The monoisotopic (exact) mass is 362 g/mol. The van der Waals surface area contributed by atoms with E-state index in [-0.39, 0.29) is 10.8 Å². The largest absolute Gasteiger partial charge is 0.497 e. The Balaban J connectivity index is 1.88. The van der Waals surface area contributed by atoms with Crippen molar-refractivity contribution in [2.45, 2.75) is 24.3 Å².